The molecule has 1 aromatic carbocycles. The van der Waals surface area contributed by atoms with Crippen LogP contribution in [0.2, 0.25) is 5.02 Å². The number of piperidine rings is 1. The van der Waals surface area contributed by atoms with E-state index in [1.807, 2.05) is 20.8 Å². The molecule has 1 aliphatic rings. The van der Waals surface area contributed by atoms with Gasteiger partial charge >= 0.3 is 0 Å². The zero-order valence-electron chi connectivity index (χ0n) is 20.6. The number of aliphatic hydroxyl groups excluding tert-OH is 1. The van der Waals surface area contributed by atoms with Gasteiger partial charge in [-0.1, -0.05) is 32.4 Å². The number of rotatable bonds is 9. The summed E-state index contributed by atoms with van der Waals surface area (Å²) in [7, 11) is 1.53. The molecule has 1 fully saturated rings. The van der Waals surface area contributed by atoms with Gasteiger partial charge in [0, 0.05) is 23.4 Å². The first-order valence-corrected chi connectivity index (χ1v) is 12.2. The van der Waals surface area contributed by atoms with Crippen LogP contribution in [0.3, 0.4) is 0 Å². The van der Waals surface area contributed by atoms with E-state index in [-0.39, 0.29) is 23.7 Å². The summed E-state index contributed by atoms with van der Waals surface area (Å²) >= 11 is 6.40. The molecule has 0 spiro atoms. The van der Waals surface area contributed by atoms with E-state index in [4.69, 9.17) is 16.3 Å². The second-order valence-electron chi connectivity index (χ2n) is 10.2. The number of carbonyl (C=O) groups excluding carboxylic acids is 2. The minimum absolute atomic E-state index is 0.0837. The van der Waals surface area contributed by atoms with Gasteiger partial charge in [0.2, 0.25) is 11.8 Å². The van der Waals surface area contributed by atoms with E-state index < -0.39 is 24.2 Å². The Balaban J connectivity index is 1.75. The molecule has 190 valence electrons. The number of aromatic amines is 1. The number of ether oxygens (including phenoxy) is 1. The first kappa shape index (κ1) is 26.8. The Morgan fingerprint density at radius 3 is 2.77 bits per heavy atom. The summed E-state index contributed by atoms with van der Waals surface area (Å²) in [5.41, 5.74) is 0.924. The highest BCUT2D eigenvalue weighted by molar-refractivity contribution is 6.37. The van der Waals surface area contributed by atoms with Crippen molar-refractivity contribution in [2.45, 2.75) is 64.8 Å². The molecule has 0 saturated carbocycles. The SMILES string of the molecule is COc1ccc2[nH]c(C(O)N[C@@H](CC(C)(C)C)C(=O)N[C@H](C#N)C[C@@H]3CCCNC3=O)cc2c1Cl. The molecule has 9 nitrogen and oxygen atoms in total. The van der Waals surface area contributed by atoms with Gasteiger partial charge in [0.15, 0.2) is 0 Å². The molecule has 2 aromatic rings. The van der Waals surface area contributed by atoms with Crippen molar-refractivity contribution >= 4 is 34.3 Å². The van der Waals surface area contributed by atoms with Crippen molar-refractivity contribution < 1.29 is 19.4 Å². The normalized spacial score (nSPS) is 18.9. The van der Waals surface area contributed by atoms with Crippen molar-refractivity contribution in [3.05, 3.63) is 28.9 Å². The number of benzene rings is 1. The molecule has 1 unspecified atom stereocenters. The second kappa shape index (κ2) is 11.3. The highest BCUT2D eigenvalue weighted by atomic mass is 35.5. The summed E-state index contributed by atoms with van der Waals surface area (Å²) in [4.78, 5) is 28.4. The number of nitriles is 1. The monoisotopic (exact) mass is 503 g/mol. The molecule has 1 aliphatic heterocycles. The number of fused-ring (bicyclic) bond motifs is 1. The van der Waals surface area contributed by atoms with Crippen LogP contribution in [-0.4, -0.2) is 47.6 Å². The van der Waals surface area contributed by atoms with Crippen LogP contribution in [0.25, 0.3) is 10.9 Å². The van der Waals surface area contributed by atoms with Crippen LogP contribution in [0, 0.1) is 22.7 Å². The fourth-order valence-corrected chi connectivity index (χ4v) is 4.65. The third kappa shape index (κ3) is 6.88. The lowest BCUT2D eigenvalue weighted by Crippen LogP contribution is -2.51. The lowest BCUT2D eigenvalue weighted by atomic mass is 9.87. The number of aromatic nitrogens is 1. The van der Waals surface area contributed by atoms with E-state index in [0.29, 0.717) is 41.2 Å². The second-order valence-corrected chi connectivity index (χ2v) is 10.6. The predicted octanol–water partition coefficient (Wildman–Crippen LogP) is 3.14. The van der Waals surface area contributed by atoms with Crippen LogP contribution < -0.4 is 20.7 Å². The van der Waals surface area contributed by atoms with Crippen LogP contribution in [0.15, 0.2) is 18.2 Å². The summed E-state index contributed by atoms with van der Waals surface area (Å²) < 4.78 is 5.25. The number of carbonyl (C=O) groups is 2. The number of methoxy groups -OCH3 is 1. The van der Waals surface area contributed by atoms with Gasteiger partial charge in [-0.05, 0) is 49.3 Å². The molecule has 3 rings (SSSR count). The smallest absolute Gasteiger partial charge is 0.238 e. The Morgan fingerprint density at radius 2 is 2.14 bits per heavy atom. The maximum Gasteiger partial charge on any atom is 0.238 e. The van der Waals surface area contributed by atoms with Crippen LogP contribution in [0.4, 0.5) is 0 Å². The van der Waals surface area contributed by atoms with Crippen molar-refractivity contribution in [1.82, 2.24) is 20.9 Å². The van der Waals surface area contributed by atoms with Crippen molar-refractivity contribution in [3.63, 3.8) is 0 Å². The van der Waals surface area contributed by atoms with Crippen molar-refractivity contribution in [3.8, 4) is 11.8 Å². The van der Waals surface area contributed by atoms with Crippen LogP contribution in [-0.2, 0) is 9.59 Å². The van der Waals surface area contributed by atoms with Crippen molar-refractivity contribution in [2.24, 2.45) is 11.3 Å². The number of aliphatic hydroxyl groups is 1. The van der Waals surface area contributed by atoms with Crippen LogP contribution >= 0.6 is 11.6 Å². The number of nitrogens with zero attached hydrogens (tertiary/aromatic N) is 1. The Morgan fingerprint density at radius 1 is 1.40 bits per heavy atom. The van der Waals surface area contributed by atoms with E-state index in [2.05, 4.69) is 27.0 Å². The third-order valence-corrected chi connectivity index (χ3v) is 6.51. The average molecular weight is 504 g/mol. The van der Waals surface area contributed by atoms with E-state index >= 15 is 0 Å². The standard InChI is InChI=1S/C25H34ClN5O4/c1-25(2,3)12-19(24(34)29-15(13-27)10-14-6-5-9-28-22(14)32)31-23(33)18-11-16-17(30-18)7-8-20(35-4)21(16)26/h7-8,11,14-15,19,23,30-31,33H,5-6,9-10,12H2,1-4H3,(H,28,32)(H,29,34)/t14-,15-,19-,23?/m0/s1. The topological polar surface area (TPSA) is 139 Å². The predicted molar refractivity (Wildman–Crippen MR) is 134 cm³/mol. The zero-order chi connectivity index (χ0) is 25.8. The summed E-state index contributed by atoms with van der Waals surface area (Å²) in [5.74, 6) is -0.273. The summed E-state index contributed by atoms with van der Waals surface area (Å²) in [6.45, 7) is 6.61. The lowest BCUT2D eigenvalue weighted by Gasteiger charge is -2.29. The van der Waals surface area contributed by atoms with Crippen molar-refractivity contribution in [2.75, 3.05) is 13.7 Å². The highest BCUT2D eigenvalue weighted by Crippen LogP contribution is 2.34. The Hall–Kier alpha value is -2.80. The van der Waals surface area contributed by atoms with Gasteiger partial charge in [-0.15, -0.1) is 0 Å². The molecule has 1 aromatic heterocycles. The van der Waals surface area contributed by atoms with Gasteiger partial charge in [-0.25, -0.2) is 0 Å². The van der Waals surface area contributed by atoms with E-state index in [1.54, 1.807) is 18.2 Å². The molecule has 1 saturated heterocycles. The Kier molecular flexibility index (Phi) is 8.65. The summed E-state index contributed by atoms with van der Waals surface area (Å²) in [6, 6.07) is 5.76. The number of hydrogen-bond donors (Lipinski definition) is 5. The molecule has 0 aliphatic carbocycles. The fraction of sp³-hybridized carbons (Fsp3) is 0.560. The van der Waals surface area contributed by atoms with Gasteiger partial charge in [0.1, 0.15) is 18.0 Å². The Labute approximate surface area is 210 Å². The summed E-state index contributed by atoms with van der Waals surface area (Å²) in [6.07, 6.45) is 1.01. The number of hydrogen-bond acceptors (Lipinski definition) is 6. The first-order chi connectivity index (χ1) is 16.5. The molecule has 10 heteroatoms. The quantitative estimate of drug-likeness (QED) is 0.333. The third-order valence-electron chi connectivity index (χ3n) is 6.12. The maximum absolute atomic E-state index is 13.2. The van der Waals surface area contributed by atoms with Gasteiger partial charge in [0.05, 0.1) is 29.9 Å². The molecule has 4 atom stereocenters. The number of amides is 2. The largest absolute Gasteiger partial charge is 0.495 e. The highest BCUT2D eigenvalue weighted by Gasteiger charge is 2.31. The number of nitrogens with one attached hydrogen (secondary N) is 4. The van der Waals surface area contributed by atoms with E-state index in [9.17, 15) is 20.0 Å². The average Bonchev–Trinajstić information content (AvgIpc) is 3.24. The molecule has 2 heterocycles. The molecule has 35 heavy (non-hydrogen) atoms. The molecule has 0 bridgehead atoms. The van der Waals surface area contributed by atoms with Gasteiger partial charge < -0.3 is 25.5 Å². The summed E-state index contributed by atoms with van der Waals surface area (Å²) in [5, 5.41) is 30.2. The van der Waals surface area contributed by atoms with Gasteiger partial charge in [-0.2, -0.15) is 5.26 Å². The maximum atomic E-state index is 13.2. The fourth-order valence-electron chi connectivity index (χ4n) is 4.36. The van der Waals surface area contributed by atoms with E-state index in [0.717, 1.165) is 11.9 Å². The minimum atomic E-state index is -1.19. The molecular formula is C25H34ClN5O4. The van der Waals surface area contributed by atoms with Crippen LogP contribution in [0.1, 0.15) is 58.4 Å². The lowest BCUT2D eigenvalue weighted by molar-refractivity contribution is -0.128. The molecule has 0 radical (unpaired) electrons. The minimum Gasteiger partial charge on any atom is -0.495 e. The van der Waals surface area contributed by atoms with Crippen molar-refractivity contribution in [1.29, 1.82) is 5.26 Å². The number of H-pyrrole nitrogens is 1. The number of halogens is 1. The zero-order valence-corrected chi connectivity index (χ0v) is 21.3. The molecule has 2 amide bonds. The molecule has 5 N–H and O–H groups in total. The van der Waals surface area contributed by atoms with Crippen LogP contribution in [0.5, 0.6) is 5.75 Å². The van der Waals surface area contributed by atoms with Gasteiger partial charge in [-0.3, -0.25) is 14.9 Å². The Bertz CT molecular complexity index is 1100. The molecular weight excluding hydrogens is 470 g/mol. The van der Waals surface area contributed by atoms with Gasteiger partial charge in [0.25, 0.3) is 0 Å². The van der Waals surface area contributed by atoms with E-state index in [1.165, 1.54) is 7.11 Å². The first-order valence-electron chi connectivity index (χ1n) is 11.8.